The third-order valence-corrected chi connectivity index (χ3v) is 5.01. The molecule has 1 aromatic rings. The zero-order valence-corrected chi connectivity index (χ0v) is 17.7. The number of rotatable bonds is 17. The first-order chi connectivity index (χ1) is 13.8. The van der Waals surface area contributed by atoms with Crippen molar-refractivity contribution in [2.45, 2.75) is 90.0 Å². The summed E-state index contributed by atoms with van der Waals surface area (Å²) < 4.78 is 0. The highest BCUT2D eigenvalue weighted by Gasteiger charge is 2.14. The van der Waals surface area contributed by atoms with Crippen LogP contribution in [0.15, 0.2) is 35.3 Å². The van der Waals surface area contributed by atoms with Gasteiger partial charge in [-0.05, 0) is 12.0 Å². The first kappa shape index (κ1) is 24.4. The maximum absolute atomic E-state index is 12.1. The van der Waals surface area contributed by atoms with Gasteiger partial charge in [-0.3, -0.25) is 9.79 Å². The second kappa shape index (κ2) is 17.4. The number of aliphatic hydroxyl groups excluding tert-OH is 1. The van der Waals surface area contributed by atoms with Crippen molar-refractivity contribution < 1.29 is 9.90 Å². The molecule has 1 aromatic carbocycles. The van der Waals surface area contributed by atoms with Crippen LogP contribution < -0.4 is 5.32 Å². The van der Waals surface area contributed by atoms with E-state index >= 15 is 0 Å². The highest BCUT2D eigenvalue weighted by atomic mass is 16.3. The monoisotopic (exact) mass is 388 g/mol. The van der Waals surface area contributed by atoms with E-state index in [0.717, 1.165) is 18.4 Å². The fourth-order valence-corrected chi connectivity index (χ4v) is 3.21. The van der Waals surface area contributed by atoms with E-state index in [9.17, 15) is 9.90 Å². The maximum atomic E-state index is 12.1. The van der Waals surface area contributed by atoms with Crippen LogP contribution in [0.3, 0.4) is 0 Å². The van der Waals surface area contributed by atoms with Crippen LogP contribution >= 0.6 is 0 Å². The second-order valence-electron chi connectivity index (χ2n) is 7.57. The Balaban J connectivity index is 2.00. The molecule has 0 fully saturated rings. The van der Waals surface area contributed by atoms with Gasteiger partial charge in [0.15, 0.2) is 6.04 Å². The maximum Gasteiger partial charge on any atom is 0.247 e. The average molecular weight is 389 g/mol. The molecule has 4 nitrogen and oxygen atoms in total. The molecule has 1 amide bonds. The summed E-state index contributed by atoms with van der Waals surface area (Å²) >= 11 is 0. The van der Waals surface area contributed by atoms with Crippen molar-refractivity contribution in [2.24, 2.45) is 4.99 Å². The normalized spacial score (nSPS) is 12.4. The summed E-state index contributed by atoms with van der Waals surface area (Å²) in [4.78, 5) is 16.3. The Morgan fingerprint density at radius 3 is 2.00 bits per heavy atom. The van der Waals surface area contributed by atoms with Crippen molar-refractivity contribution in [1.82, 2.24) is 5.32 Å². The Bertz CT molecular complexity index is 517. The minimum Gasteiger partial charge on any atom is -0.394 e. The molecule has 0 radical (unpaired) electrons. The van der Waals surface area contributed by atoms with Gasteiger partial charge in [0.1, 0.15) is 0 Å². The standard InChI is InChI=1S/C24H40N2O2/c1-2-3-4-5-6-7-8-9-10-11-12-16-19-25-24(28)23(21-27)26-20-22-17-14-13-15-18-22/h13-15,17-18,20,23,27H,2-12,16,19,21H2,1H3,(H,25,28). The molecule has 0 spiro atoms. The van der Waals surface area contributed by atoms with Gasteiger partial charge in [-0.25, -0.2) is 0 Å². The van der Waals surface area contributed by atoms with Gasteiger partial charge in [-0.1, -0.05) is 108 Å². The first-order valence-electron chi connectivity index (χ1n) is 11.2. The topological polar surface area (TPSA) is 61.7 Å². The van der Waals surface area contributed by atoms with Gasteiger partial charge >= 0.3 is 0 Å². The fourth-order valence-electron chi connectivity index (χ4n) is 3.21. The molecule has 0 saturated carbocycles. The number of amides is 1. The Morgan fingerprint density at radius 1 is 0.929 bits per heavy atom. The summed E-state index contributed by atoms with van der Waals surface area (Å²) in [5.74, 6) is -0.197. The van der Waals surface area contributed by atoms with Gasteiger partial charge < -0.3 is 10.4 Å². The number of carbonyl (C=O) groups is 1. The number of aliphatic hydroxyl groups is 1. The zero-order chi connectivity index (χ0) is 20.3. The van der Waals surface area contributed by atoms with E-state index in [4.69, 9.17) is 0 Å². The van der Waals surface area contributed by atoms with Crippen molar-refractivity contribution in [1.29, 1.82) is 0 Å². The number of nitrogens with zero attached hydrogens (tertiary/aromatic N) is 1. The van der Waals surface area contributed by atoms with Crippen LogP contribution in [0, 0.1) is 0 Å². The van der Waals surface area contributed by atoms with Crippen LogP contribution in [-0.4, -0.2) is 36.4 Å². The molecule has 4 heteroatoms. The lowest BCUT2D eigenvalue weighted by atomic mass is 10.1. The third-order valence-electron chi connectivity index (χ3n) is 5.01. The lowest BCUT2D eigenvalue weighted by molar-refractivity contribution is -0.123. The van der Waals surface area contributed by atoms with Crippen molar-refractivity contribution >= 4 is 12.1 Å². The number of nitrogens with one attached hydrogen (secondary N) is 1. The van der Waals surface area contributed by atoms with E-state index in [-0.39, 0.29) is 12.5 Å². The number of hydrogen-bond donors (Lipinski definition) is 2. The number of benzene rings is 1. The van der Waals surface area contributed by atoms with Crippen molar-refractivity contribution in [2.75, 3.05) is 13.2 Å². The van der Waals surface area contributed by atoms with Crippen LogP contribution in [0.2, 0.25) is 0 Å². The van der Waals surface area contributed by atoms with Crippen LogP contribution in [-0.2, 0) is 4.79 Å². The van der Waals surface area contributed by atoms with E-state index in [1.165, 1.54) is 64.2 Å². The molecular weight excluding hydrogens is 348 g/mol. The van der Waals surface area contributed by atoms with Crippen molar-refractivity contribution in [3.8, 4) is 0 Å². The van der Waals surface area contributed by atoms with E-state index in [2.05, 4.69) is 17.2 Å². The molecule has 2 N–H and O–H groups in total. The predicted molar refractivity (Wildman–Crippen MR) is 119 cm³/mol. The summed E-state index contributed by atoms with van der Waals surface area (Å²) in [5.41, 5.74) is 0.926. The first-order valence-corrected chi connectivity index (χ1v) is 11.2. The van der Waals surface area contributed by atoms with Crippen LogP contribution in [0.25, 0.3) is 0 Å². The Labute approximate surface area is 171 Å². The molecule has 0 aliphatic rings. The summed E-state index contributed by atoms with van der Waals surface area (Å²) in [6.07, 6.45) is 17.3. The van der Waals surface area contributed by atoms with Gasteiger partial charge in [0.25, 0.3) is 0 Å². The third kappa shape index (κ3) is 12.7. The molecule has 28 heavy (non-hydrogen) atoms. The quantitative estimate of drug-likeness (QED) is 0.281. The second-order valence-corrected chi connectivity index (χ2v) is 7.57. The van der Waals surface area contributed by atoms with Gasteiger partial charge in [-0.2, -0.15) is 0 Å². The molecule has 1 unspecified atom stereocenters. The molecule has 0 aliphatic heterocycles. The summed E-state index contributed by atoms with van der Waals surface area (Å²) in [6, 6.07) is 8.89. The summed E-state index contributed by atoms with van der Waals surface area (Å²) in [5, 5.41) is 12.3. The van der Waals surface area contributed by atoms with E-state index < -0.39 is 6.04 Å². The smallest absolute Gasteiger partial charge is 0.247 e. The molecule has 1 atom stereocenters. The lowest BCUT2D eigenvalue weighted by Gasteiger charge is -2.10. The van der Waals surface area contributed by atoms with Crippen molar-refractivity contribution in [3.05, 3.63) is 35.9 Å². The van der Waals surface area contributed by atoms with Crippen LogP contribution in [0.4, 0.5) is 0 Å². The van der Waals surface area contributed by atoms with E-state index in [1.807, 2.05) is 30.3 Å². The fraction of sp³-hybridized carbons (Fsp3) is 0.667. The van der Waals surface area contributed by atoms with Gasteiger partial charge in [0, 0.05) is 12.8 Å². The number of unbranched alkanes of at least 4 members (excludes halogenated alkanes) is 11. The minimum absolute atomic E-state index is 0.197. The molecule has 0 heterocycles. The summed E-state index contributed by atoms with van der Waals surface area (Å²) in [6.45, 7) is 2.65. The predicted octanol–water partition coefficient (Wildman–Crippen LogP) is 5.28. The van der Waals surface area contributed by atoms with E-state index in [1.54, 1.807) is 6.21 Å². The largest absolute Gasteiger partial charge is 0.394 e. The van der Waals surface area contributed by atoms with Crippen molar-refractivity contribution in [3.63, 3.8) is 0 Å². The molecular formula is C24H40N2O2. The van der Waals surface area contributed by atoms with Gasteiger partial charge in [0.2, 0.25) is 5.91 Å². The zero-order valence-electron chi connectivity index (χ0n) is 17.7. The SMILES string of the molecule is CCCCCCCCCCCCCCNC(=O)C(CO)N=Cc1ccccc1. The number of carbonyl (C=O) groups excluding carboxylic acids is 1. The molecule has 1 rings (SSSR count). The molecule has 158 valence electrons. The molecule has 0 bridgehead atoms. The van der Waals surface area contributed by atoms with Crippen LogP contribution in [0.1, 0.15) is 89.5 Å². The minimum atomic E-state index is -0.725. The Morgan fingerprint density at radius 2 is 1.46 bits per heavy atom. The van der Waals surface area contributed by atoms with Crippen LogP contribution in [0.5, 0.6) is 0 Å². The Hall–Kier alpha value is -1.68. The number of hydrogen-bond acceptors (Lipinski definition) is 3. The summed E-state index contributed by atoms with van der Waals surface area (Å²) in [7, 11) is 0. The molecule has 0 saturated heterocycles. The highest BCUT2D eigenvalue weighted by molar-refractivity contribution is 5.86. The van der Waals surface area contributed by atoms with Gasteiger partial charge in [-0.15, -0.1) is 0 Å². The van der Waals surface area contributed by atoms with E-state index in [0.29, 0.717) is 6.54 Å². The molecule has 0 aliphatic carbocycles. The highest BCUT2D eigenvalue weighted by Crippen LogP contribution is 2.11. The average Bonchev–Trinajstić information content (AvgIpc) is 2.72. The van der Waals surface area contributed by atoms with Gasteiger partial charge in [0.05, 0.1) is 6.61 Å². The number of aliphatic imine (C=N–C) groups is 1. The lowest BCUT2D eigenvalue weighted by Crippen LogP contribution is -2.36. The molecule has 0 aromatic heterocycles. The Kier molecular flexibility index (Phi) is 15.2.